The van der Waals surface area contributed by atoms with Gasteiger partial charge >= 0.3 is 5.97 Å². The van der Waals surface area contributed by atoms with Crippen LogP contribution in [0.3, 0.4) is 0 Å². The van der Waals surface area contributed by atoms with Gasteiger partial charge in [-0.3, -0.25) is 0 Å². The van der Waals surface area contributed by atoms with Gasteiger partial charge in [-0.15, -0.1) is 0 Å². The lowest BCUT2D eigenvalue weighted by Crippen LogP contribution is -2.30. The van der Waals surface area contributed by atoms with Crippen molar-refractivity contribution in [1.29, 1.82) is 0 Å². The minimum absolute atomic E-state index is 0.00282. The third kappa shape index (κ3) is 4.25. The minimum atomic E-state index is -0.808. The standard InChI is InChI=1S/C17H24BrNO4S/c1-6-22-15(20)17(10-19(17)24-16(2,3)4)13-8-7-12(18)9-14(13)23-11-21-5/h7-9H,6,10-11H2,1-5H3. The number of halogens is 1. The Morgan fingerprint density at radius 1 is 1.42 bits per heavy atom. The first-order valence-electron chi connectivity index (χ1n) is 7.80. The largest absolute Gasteiger partial charge is 0.467 e. The van der Waals surface area contributed by atoms with E-state index in [1.165, 1.54) is 0 Å². The third-order valence-corrected chi connectivity index (χ3v) is 5.12. The highest BCUT2D eigenvalue weighted by Gasteiger charge is 2.63. The minimum Gasteiger partial charge on any atom is -0.467 e. The van der Waals surface area contributed by atoms with Crippen LogP contribution in [0.5, 0.6) is 5.75 Å². The number of nitrogens with zero attached hydrogens (tertiary/aromatic N) is 1. The molecule has 0 saturated carbocycles. The van der Waals surface area contributed by atoms with Crippen molar-refractivity contribution in [2.24, 2.45) is 0 Å². The zero-order valence-corrected chi connectivity index (χ0v) is 17.1. The smallest absolute Gasteiger partial charge is 0.333 e. The summed E-state index contributed by atoms with van der Waals surface area (Å²) in [6.07, 6.45) is 0. The number of hydrogen-bond acceptors (Lipinski definition) is 6. The summed E-state index contributed by atoms with van der Waals surface area (Å²) >= 11 is 5.10. The highest BCUT2D eigenvalue weighted by molar-refractivity contribution is 9.10. The van der Waals surface area contributed by atoms with Crippen LogP contribution in [0.1, 0.15) is 33.3 Å². The van der Waals surface area contributed by atoms with Crippen LogP contribution in [-0.4, -0.2) is 42.1 Å². The van der Waals surface area contributed by atoms with Crippen LogP contribution in [0.25, 0.3) is 0 Å². The first-order chi connectivity index (χ1) is 11.2. The van der Waals surface area contributed by atoms with Crippen molar-refractivity contribution < 1.29 is 19.0 Å². The maximum absolute atomic E-state index is 12.8. The van der Waals surface area contributed by atoms with Crippen LogP contribution < -0.4 is 4.74 Å². The van der Waals surface area contributed by atoms with E-state index in [9.17, 15) is 4.79 Å². The maximum atomic E-state index is 12.8. The van der Waals surface area contributed by atoms with Crippen LogP contribution in [0.2, 0.25) is 0 Å². The molecule has 0 amide bonds. The van der Waals surface area contributed by atoms with E-state index in [1.54, 1.807) is 19.1 Å². The van der Waals surface area contributed by atoms with Crippen molar-refractivity contribution in [3.05, 3.63) is 28.2 Å². The number of carbonyl (C=O) groups is 1. The molecule has 5 nitrogen and oxygen atoms in total. The molecule has 7 heteroatoms. The van der Waals surface area contributed by atoms with Crippen LogP contribution in [0.15, 0.2) is 22.7 Å². The lowest BCUT2D eigenvalue weighted by atomic mass is 9.98. The lowest BCUT2D eigenvalue weighted by Gasteiger charge is -2.24. The fourth-order valence-electron chi connectivity index (χ4n) is 2.44. The Balaban J connectivity index is 2.41. The van der Waals surface area contributed by atoms with E-state index in [1.807, 2.05) is 25.1 Å². The topological polar surface area (TPSA) is 47.8 Å². The molecule has 134 valence electrons. The zero-order valence-electron chi connectivity index (χ0n) is 14.7. The molecule has 0 aliphatic carbocycles. The average Bonchev–Trinajstić information content (AvgIpc) is 3.18. The van der Waals surface area contributed by atoms with Gasteiger partial charge in [0.2, 0.25) is 0 Å². The van der Waals surface area contributed by atoms with Crippen molar-refractivity contribution in [3.8, 4) is 5.75 Å². The van der Waals surface area contributed by atoms with Crippen LogP contribution in [0, 0.1) is 0 Å². The van der Waals surface area contributed by atoms with E-state index in [4.69, 9.17) is 14.2 Å². The molecule has 0 bridgehead atoms. The van der Waals surface area contributed by atoms with Gasteiger partial charge in [0.05, 0.1) is 6.61 Å². The second kappa shape index (κ2) is 7.64. The molecular formula is C17H24BrNO4S. The summed E-state index contributed by atoms with van der Waals surface area (Å²) in [6, 6.07) is 5.68. The van der Waals surface area contributed by atoms with E-state index in [2.05, 4.69) is 41.0 Å². The molecule has 2 unspecified atom stereocenters. The molecule has 0 spiro atoms. The maximum Gasteiger partial charge on any atom is 0.333 e. The van der Waals surface area contributed by atoms with Crippen molar-refractivity contribution in [1.82, 2.24) is 4.31 Å². The van der Waals surface area contributed by atoms with Crippen molar-refractivity contribution in [2.45, 2.75) is 38.0 Å². The Labute approximate surface area is 156 Å². The lowest BCUT2D eigenvalue weighted by molar-refractivity contribution is -0.147. The van der Waals surface area contributed by atoms with Gasteiger partial charge in [-0.05, 0) is 39.8 Å². The summed E-state index contributed by atoms with van der Waals surface area (Å²) in [5, 5.41) is 0. The number of benzene rings is 1. The third-order valence-electron chi connectivity index (χ3n) is 3.41. The second-order valence-corrected chi connectivity index (χ2v) is 9.28. The Morgan fingerprint density at radius 3 is 2.71 bits per heavy atom. The highest BCUT2D eigenvalue weighted by Crippen LogP contribution is 2.54. The number of hydrogen-bond donors (Lipinski definition) is 0. The summed E-state index contributed by atoms with van der Waals surface area (Å²) in [6.45, 7) is 9.24. The number of methoxy groups -OCH3 is 1. The molecule has 2 atom stereocenters. The summed E-state index contributed by atoms with van der Waals surface area (Å²) in [4.78, 5) is 12.8. The monoisotopic (exact) mass is 417 g/mol. The van der Waals surface area contributed by atoms with Gasteiger partial charge in [0, 0.05) is 28.4 Å². The van der Waals surface area contributed by atoms with Gasteiger partial charge in [-0.25, -0.2) is 9.10 Å². The Bertz CT molecular complexity index is 605. The molecule has 0 N–H and O–H groups in total. The van der Waals surface area contributed by atoms with Crippen molar-refractivity contribution >= 4 is 33.8 Å². The van der Waals surface area contributed by atoms with Crippen LogP contribution in [0.4, 0.5) is 0 Å². The summed E-state index contributed by atoms with van der Waals surface area (Å²) in [5.41, 5.74) is -0.00415. The highest BCUT2D eigenvalue weighted by atomic mass is 79.9. The van der Waals surface area contributed by atoms with Gasteiger partial charge in [-0.1, -0.05) is 33.9 Å². The van der Waals surface area contributed by atoms with Gasteiger partial charge in [0.25, 0.3) is 0 Å². The molecular weight excluding hydrogens is 394 g/mol. The molecule has 0 aromatic heterocycles. The van der Waals surface area contributed by atoms with Gasteiger partial charge < -0.3 is 14.2 Å². The summed E-state index contributed by atoms with van der Waals surface area (Å²) in [5.74, 6) is 0.377. The number of ether oxygens (including phenoxy) is 3. The van der Waals surface area contributed by atoms with Crippen LogP contribution in [-0.2, 0) is 19.8 Å². The SMILES string of the molecule is CCOC(=O)C1(c2ccc(Br)cc2OCOC)CN1SC(C)(C)C. The summed E-state index contributed by atoms with van der Waals surface area (Å²) in [7, 11) is 1.57. The molecule has 1 aliphatic heterocycles. The van der Waals surface area contributed by atoms with Gasteiger partial charge in [-0.2, -0.15) is 0 Å². The van der Waals surface area contributed by atoms with Crippen LogP contribution >= 0.6 is 27.9 Å². The van der Waals surface area contributed by atoms with Gasteiger partial charge in [0.1, 0.15) is 5.75 Å². The quantitative estimate of drug-likeness (QED) is 0.289. The molecule has 1 aromatic carbocycles. The number of esters is 1. The van der Waals surface area contributed by atoms with E-state index in [0.29, 0.717) is 18.9 Å². The van der Waals surface area contributed by atoms with E-state index in [-0.39, 0.29) is 17.5 Å². The van der Waals surface area contributed by atoms with Crippen molar-refractivity contribution in [3.63, 3.8) is 0 Å². The molecule has 24 heavy (non-hydrogen) atoms. The molecule has 1 aliphatic rings. The molecule has 1 aromatic rings. The fraction of sp³-hybridized carbons (Fsp3) is 0.588. The zero-order chi connectivity index (χ0) is 18.0. The van der Waals surface area contributed by atoms with E-state index >= 15 is 0 Å². The Hall–Kier alpha value is -0.760. The molecule has 1 heterocycles. The molecule has 1 fully saturated rings. The van der Waals surface area contributed by atoms with E-state index in [0.717, 1.165) is 10.0 Å². The normalized spacial score (nSPS) is 23.0. The fourth-order valence-corrected chi connectivity index (χ4v) is 4.02. The second-order valence-electron chi connectivity index (χ2n) is 6.51. The molecule has 0 radical (unpaired) electrons. The number of carbonyl (C=O) groups excluding carboxylic acids is 1. The predicted octanol–water partition coefficient (Wildman–Crippen LogP) is 3.95. The Morgan fingerprint density at radius 2 is 2.12 bits per heavy atom. The molecule has 2 rings (SSSR count). The number of rotatable bonds is 7. The van der Waals surface area contributed by atoms with E-state index < -0.39 is 5.54 Å². The van der Waals surface area contributed by atoms with Crippen molar-refractivity contribution in [2.75, 3.05) is 27.1 Å². The predicted molar refractivity (Wildman–Crippen MR) is 99.0 cm³/mol. The molecule has 1 saturated heterocycles. The summed E-state index contributed by atoms with van der Waals surface area (Å²) < 4.78 is 19.0. The Kier molecular flexibility index (Phi) is 6.23. The first kappa shape index (κ1) is 19.6. The van der Waals surface area contributed by atoms with Gasteiger partial charge in [0.15, 0.2) is 12.3 Å². The first-order valence-corrected chi connectivity index (χ1v) is 9.37. The average molecular weight is 418 g/mol.